The van der Waals surface area contributed by atoms with Crippen LogP contribution in [-0.2, 0) is 0 Å². The van der Waals surface area contributed by atoms with Crippen LogP contribution in [0.15, 0.2) is 40.0 Å². The Morgan fingerprint density at radius 3 is 1.81 bits per heavy atom. The fourth-order valence-electron chi connectivity index (χ4n) is 0.915. The minimum absolute atomic E-state index is 1.14. The van der Waals surface area contributed by atoms with Crippen molar-refractivity contribution in [2.24, 2.45) is 0 Å². The van der Waals surface area contributed by atoms with Crippen LogP contribution in [0.5, 0.6) is 0 Å². The molecule has 0 radical (unpaired) electrons. The highest BCUT2D eigenvalue weighted by Gasteiger charge is 1.91. The van der Waals surface area contributed by atoms with E-state index in [1.165, 1.54) is 18.7 Å². The van der Waals surface area contributed by atoms with E-state index in [9.17, 15) is 0 Å². The number of rotatable bonds is 0. The molecule has 88 valence electrons. The van der Waals surface area contributed by atoms with Crippen molar-refractivity contribution in [1.82, 2.24) is 26.2 Å². The summed E-state index contributed by atoms with van der Waals surface area (Å²) in [6.07, 6.45) is 5.97. The molecule has 2 N–H and O–H groups in total. The Morgan fingerprint density at radius 2 is 1.62 bits per heavy atom. The largest absolute Gasteiger partial charge is 0.365 e. The van der Waals surface area contributed by atoms with Crippen molar-refractivity contribution in [2.45, 2.75) is 0 Å². The van der Waals surface area contributed by atoms with Gasteiger partial charge in [-0.1, -0.05) is 5.16 Å². The number of hydrogen-bond acceptors (Lipinski definition) is 7. The average Bonchev–Trinajstić information content (AvgIpc) is 3.10. The molecule has 16 heavy (non-hydrogen) atoms. The van der Waals surface area contributed by atoms with E-state index in [0.29, 0.717) is 0 Å². The number of hydrogen-bond donors (Lipinski definition) is 2. The van der Waals surface area contributed by atoms with Crippen molar-refractivity contribution in [1.29, 1.82) is 0 Å². The minimum Gasteiger partial charge on any atom is -0.365 e. The monoisotopic (exact) mass is 225 g/mol. The van der Waals surface area contributed by atoms with Crippen molar-refractivity contribution in [3.63, 3.8) is 0 Å². The lowest BCUT2D eigenvalue weighted by Crippen LogP contribution is -2.39. The summed E-state index contributed by atoms with van der Waals surface area (Å²) in [5, 5.41) is 16.2. The van der Waals surface area contributed by atoms with Gasteiger partial charge < -0.3 is 19.7 Å². The van der Waals surface area contributed by atoms with Crippen LogP contribution >= 0.6 is 0 Å². The molecule has 1 aliphatic heterocycles. The molecule has 0 amide bonds. The van der Waals surface area contributed by atoms with E-state index in [2.05, 4.69) is 35.2 Å². The summed E-state index contributed by atoms with van der Waals surface area (Å²) in [4.78, 5) is 0. The van der Waals surface area contributed by atoms with E-state index in [-0.39, 0.29) is 0 Å². The summed E-state index contributed by atoms with van der Waals surface area (Å²) >= 11 is 0. The van der Waals surface area contributed by atoms with E-state index in [0.717, 1.165) is 26.2 Å². The number of nitrogens with one attached hydrogen (secondary N) is 2. The smallest absolute Gasteiger partial charge is 0.144 e. The van der Waals surface area contributed by atoms with E-state index in [4.69, 9.17) is 0 Å². The number of piperazine rings is 1. The predicted octanol–water partition coefficient (Wildman–Crippen LogP) is -0.0766. The summed E-state index contributed by atoms with van der Waals surface area (Å²) < 4.78 is 8.56. The first-order valence-electron chi connectivity index (χ1n) is 4.97. The van der Waals surface area contributed by atoms with Gasteiger partial charge in [0.05, 0.1) is 12.4 Å². The first-order chi connectivity index (χ1) is 8.00. The van der Waals surface area contributed by atoms with Crippen molar-refractivity contribution < 1.29 is 9.05 Å². The predicted molar refractivity (Wildman–Crippen MR) is 56.5 cm³/mol. The Hall–Kier alpha value is -1.73. The molecule has 0 saturated carbocycles. The molecule has 1 aliphatic rings. The zero-order valence-electron chi connectivity index (χ0n) is 8.87. The van der Waals surface area contributed by atoms with E-state index < -0.39 is 0 Å². The zero-order chi connectivity index (χ0) is 11.3. The molecule has 1 fully saturated rings. The van der Waals surface area contributed by atoms with Gasteiger partial charge in [-0.25, -0.2) is 0 Å². The molecule has 2 aromatic heterocycles. The third-order valence-corrected chi connectivity index (χ3v) is 1.59. The van der Waals surface area contributed by atoms with Crippen LogP contribution in [0.3, 0.4) is 0 Å². The Balaban J connectivity index is 0.000000121. The van der Waals surface area contributed by atoms with Crippen molar-refractivity contribution in [2.75, 3.05) is 26.2 Å². The molecule has 7 heteroatoms. The molecule has 3 heterocycles. The summed E-state index contributed by atoms with van der Waals surface area (Å²) in [5.41, 5.74) is 0. The summed E-state index contributed by atoms with van der Waals surface area (Å²) in [6.45, 7) is 4.56. The second kappa shape index (κ2) is 9.81. The molecule has 3 rings (SSSR count). The molecule has 0 aromatic carbocycles. The first-order valence-corrected chi connectivity index (χ1v) is 4.97. The van der Waals surface area contributed by atoms with E-state index >= 15 is 0 Å². The second-order valence-electron chi connectivity index (χ2n) is 2.78. The third-order valence-electron chi connectivity index (χ3n) is 1.59. The quantitative estimate of drug-likeness (QED) is 0.648. The van der Waals surface area contributed by atoms with Crippen LogP contribution in [0.4, 0.5) is 0 Å². The standard InChI is InChI=1S/C4H10N2.C3H3NO.C2H2N2O/c1-2-6-4-3-5-1;1-2-4-5-3-1;1-2-5-4-3-1/h5-6H,1-4H2;1-3H;1-2H. The maximum Gasteiger partial charge on any atom is 0.144 e. The summed E-state index contributed by atoms with van der Waals surface area (Å²) in [7, 11) is 0. The number of aromatic nitrogens is 3. The number of nitrogens with zero attached hydrogens (tertiary/aromatic N) is 3. The van der Waals surface area contributed by atoms with Crippen molar-refractivity contribution in [3.8, 4) is 0 Å². The molecule has 1 saturated heterocycles. The normalized spacial score (nSPS) is 14.0. The van der Waals surface area contributed by atoms with Gasteiger partial charge in [-0.2, -0.15) is 0 Å². The maximum absolute atomic E-state index is 4.33. The van der Waals surface area contributed by atoms with Crippen LogP contribution in [0, 0.1) is 0 Å². The molecule has 2 aromatic rings. The van der Waals surface area contributed by atoms with Crippen LogP contribution in [0.2, 0.25) is 0 Å². The highest BCUT2D eigenvalue weighted by molar-refractivity contribution is 4.67. The van der Waals surface area contributed by atoms with Gasteiger partial charge >= 0.3 is 0 Å². The lowest BCUT2D eigenvalue weighted by atomic mass is 10.4. The van der Waals surface area contributed by atoms with E-state index in [1.54, 1.807) is 12.3 Å². The van der Waals surface area contributed by atoms with Gasteiger partial charge in [0.1, 0.15) is 12.5 Å². The van der Waals surface area contributed by atoms with Gasteiger partial charge in [0, 0.05) is 31.5 Å². The van der Waals surface area contributed by atoms with Crippen LogP contribution in [-0.4, -0.2) is 41.7 Å². The summed E-state index contributed by atoms with van der Waals surface area (Å²) in [6, 6.07) is 1.72. The lowest BCUT2D eigenvalue weighted by Gasteiger charge is -2.11. The molecular weight excluding hydrogens is 210 g/mol. The third kappa shape index (κ3) is 7.65. The highest BCUT2D eigenvalue weighted by Crippen LogP contribution is 1.72. The minimum atomic E-state index is 1.14. The van der Waals surface area contributed by atoms with Gasteiger partial charge in [-0.3, -0.25) is 0 Å². The van der Waals surface area contributed by atoms with Gasteiger partial charge in [0.2, 0.25) is 0 Å². The molecule has 0 aliphatic carbocycles. The Kier molecular flexibility index (Phi) is 7.57. The van der Waals surface area contributed by atoms with E-state index in [1.807, 2.05) is 0 Å². The highest BCUT2D eigenvalue weighted by atomic mass is 16.5. The lowest BCUT2D eigenvalue weighted by molar-refractivity contribution is 0.393. The Bertz CT molecular complexity index is 221. The van der Waals surface area contributed by atoms with Gasteiger partial charge in [0.25, 0.3) is 0 Å². The second-order valence-corrected chi connectivity index (χ2v) is 2.78. The topological polar surface area (TPSA) is 89.0 Å². The van der Waals surface area contributed by atoms with Crippen LogP contribution in [0.1, 0.15) is 0 Å². The average molecular weight is 225 g/mol. The Morgan fingerprint density at radius 1 is 0.875 bits per heavy atom. The molecule has 0 spiro atoms. The first kappa shape index (κ1) is 12.3. The SMILES string of the molecule is C1CNCCN1.c1cnoc1.c1conn1. The molecular formula is C9H15N5O2. The maximum atomic E-state index is 4.33. The zero-order valence-corrected chi connectivity index (χ0v) is 8.87. The Labute approximate surface area is 93.2 Å². The summed E-state index contributed by atoms with van der Waals surface area (Å²) in [5.74, 6) is 0. The molecule has 0 bridgehead atoms. The van der Waals surface area contributed by atoms with Crippen LogP contribution < -0.4 is 10.6 Å². The van der Waals surface area contributed by atoms with Crippen LogP contribution in [0.25, 0.3) is 0 Å². The van der Waals surface area contributed by atoms with Gasteiger partial charge in [-0.05, 0) is 6.07 Å². The van der Waals surface area contributed by atoms with Crippen molar-refractivity contribution in [3.05, 3.63) is 31.0 Å². The van der Waals surface area contributed by atoms with Gasteiger partial charge in [0.15, 0.2) is 0 Å². The fourth-order valence-corrected chi connectivity index (χ4v) is 0.915. The molecule has 0 unspecified atom stereocenters. The molecule has 0 atom stereocenters. The molecule has 7 nitrogen and oxygen atoms in total. The van der Waals surface area contributed by atoms with Gasteiger partial charge in [-0.15, -0.1) is 5.10 Å². The fraction of sp³-hybridized carbons (Fsp3) is 0.444. The van der Waals surface area contributed by atoms with Crippen molar-refractivity contribution >= 4 is 0 Å².